The molecule has 0 unspecified atom stereocenters. The third-order valence-corrected chi connectivity index (χ3v) is 4.39. The van der Waals surface area contributed by atoms with Gasteiger partial charge in [0.15, 0.2) is 0 Å². The van der Waals surface area contributed by atoms with Crippen molar-refractivity contribution in [3.8, 4) is 0 Å². The normalized spacial score (nSPS) is 17.9. The van der Waals surface area contributed by atoms with Crippen molar-refractivity contribution in [1.82, 2.24) is 9.80 Å². The van der Waals surface area contributed by atoms with Crippen LogP contribution < -0.4 is 0 Å². The molecule has 0 bridgehead atoms. The van der Waals surface area contributed by atoms with E-state index in [-0.39, 0.29) is 5.91 Å². The third-order valence-electron chi connectivity index (χ3n) is 3.66. The van der Waals surface area contributed by atoms with E-state index in [0.717, 1.165) is 25.6 Å². The molecule has 0 aromatic carbocycles. The summed E-state index contributed by atoms with van der Waals surface area (Å²) in [5.74, 6) is 1.05. The van der Waals surface area contributed by atoms with E-state index in [4.69, 9.17) is 0 Å². The van der Waals surface area contributed by atoms with Crippen LogP contribution in [0.15, 0.2) is 16.8 Å². The number of hydrogen-bond acceptors (Lipinski definition) is 3. The van der Waals surface area contributed by atoms with E-state index in [2.05, 4.69) is 28.7 Å². The molecular formula is C14H22N2OS. The Morgan fingerprint density at radius 3 is 2.83 bits per heavy atom. The molecule has 1 saturated heterocycles. The Bertz CT molecular complexity index is 369. The first-order valence-electron chi connectivity index (χ1n) is 6.62. The van der Waals surface area contributed by atoms with Crippen molar-refractivity contribution >= 4 is 17.2 Å². The fourth-order valence-electron chi connectivity index (χ4n) is 2.28. The number of carbonyl (C=O) groups is 1. The number of nitrogens with zero attached hydrogens (tertiary/aromatic N) is 2. The van der Waals surface area contributed by atoms with Gasteiger partial charge in [-0.05, 0) is 54.2 Å². The first-order chi connectivity index (χ1) is 8.65. The minimum absolute atomic E-state index is 0.232. The van der Waals surface area contributed by atoms with E-state index in [0.29, 0.717) is 6.54 Å². The van der Waals surface area contributed by atoms with Gasteiger partial charge in [-0.1, -0.05) is 6.92 Å². The second-order valence-electron chi connectivity index (χ2n) is 5.34. The highest BCUT2D eigenvalue weighted by Crippen LogP contribution is 2.16. The van der Waals surface area contributed by atoms with Gasteiger partial charge in [0.05, 0.1) is 6.54 Å². The summed E-state index contributed by atoms with van der Waals surface area (Å²) in [5, 5.41) is 4.16. The van der Waals surface area contributed by atoms with Crippen LogP contribution >= 0.6 is 11.3 Å². The molecule has 1 fully saturated rings. The minimum atomic E-state index is 0.232. The maximum atomic E-state index is 12.1. The molecule has 1 aromatic rings. The maximum Gasteiger partial charge on any atom is 0.236 e. The van der Waals surface area contributed by atoms with Crippen molar-refractivity contribution in [2.45, 2.75) is 26.3 Å². The summed E-state index contributed by atoms with van der Waals surface area (Å²) in [7, 11) is 1.90. The lowest BCUT2D eigenvalue weighted by molar-refractivity contribution is -0.132. The Balaban J connectivity index is 1.77. The van der Waals surface area contributed by atoms with Gasteiger partial charge in [-0.3, -0.25) is 9.69 Å². The summed E-state index contributed by atoms with van der Waals surface area (Å²) in [6.45, 7) is 5.74. The van der Waals surface area contributed by atoms with Crippen molar-refractivity contribution in [3.63, 3.8) is 0 Å². The second kappa shape index (κ2) is 6.34. The largest absolute Gasteiger partial charge is 0.340 e. The molecule has 1 aromatic heterocycles. The number of amides is 1. The molecule has 100 valence electrons. The molecular weight excluding hydrogens is 244 g/mol. The fraction of sp³-hybridized carbons (Fsp3) is 0.643. The topological polar surface area (TPSA) is 23.6 Å². The van der Waals surface area contributed by atoms with E-state index in [1.54, 1.807) is 11.3 Å². The quantitative estimate of drug-likeness (QED) is 0.835. The Morgan fingerprint density at radius 1 is 1.50 bits per heavy atom. The van der Waals surface area contributed by atoms with Crippen LogP contribution in [0.1, 0.15) is 25.3 Å². The Hall–Kier alpha value is -0.870. The number of rotatable bonds is 4. The van der Waals surface area contributed by atoms with Crippen LogP contribution in [0.5, 0.6) is 0 Å². The van der Waals surface area contributed by atoms with E-state index >= 15 is 0 Å². The lowest BCUT2D eigenvalue weighted by Gasteiger charge is -2.30. The average molecular weight is 266 g/mol. The Labute approximate surface area is 113 Å². The zero-order valence-electron chi connectivity index (χ0n) is 11.3. The van der Waals surface area contributed by atoms with E-state index in [1.165, 1.54) is 18.4 Å². The molecule has 0 N–H and O–H groups in total. The van der Waals surface area contributed by atoms with Crippen molar-refractivity contribution in [2.75, 3.05) is 26.7 Å². The maximum absolute atomic E-state index is 12.1. The molecule has 3 nitrogen and oxygen atoms in total. The molecule has 0 radical (unpaired) electrons. The van der Waals surface area contributed by atoms with Crippen molar-refractivity contribution in [1.29, 1.82) is 0 Å². The van der Waals surface area contributed by atoms with Crippen LogP contribution in [-0.2, 0) is 11.3 Å². The molecule has 0 atom stereocenters. The van der Waals surface area contributed by atoms with Gasteiger partial charge in [-0.15, -0.1) is 0 Å². The number of thiophene rings is 1. The average Bonchev–Trinajstić information content (AvgIpc) is 2.85. The highest BCUT2D eigenvalue weighted by Gasteiger charge is 2.19. The molecule has 0 spiro atoms. The molecule has 18 heavy (non-hydrogen) atoms. The number of likely N-dealkylation sites (tertiary alicyclic amines) is 1. The fourth-order valence-corrected chi connectivity index (χ4v) is 2.94. The van der Waals surface area contributed by atoms with Crippen LogP contribution in [0.2, 0.25) is 0 Å². The first kappa shape index (κ1) is 13.6. The molecule has 0 aliphatic carbocycles. The van der Waals surface area contributed by atoms with Crippen molar-refractivity contribution in [2.24, 2.45) is 5.92 Å². The monoisotopic (exact) mass is 266 g/mol. The van der Waals surface area contributed by atoms with Crippen molar-refractivity contribution < 1.29 is 4.79 Å². The molecule has 1 aliphatic rings. The smallest absolute Gasteiger partial charge is 0.236 e. The van der Waals surface area contributed by atoms with Gasteiger partial charge >= 0.3 is 0 Å². The predicted octanol–water partition coefficient (Wildman–Crippen LogP) is 2.44. The lowest BCUT2D eigenvalue weighted by atomic mass is 9.99. The third kappa shape index (κ3) is 3.82. The van der Waals surface area contributed by atoms with Gasteiger partial charge in [0.25, 0.3) is 0 Å². The summed E-state index contributed by atoms with van der Waals surface area (Å²) in [4.78, 5) is 16.2. The number of carbonyl (C=O) groups excluding carboxylic acids is 1. The SMILES string of the molecule is CC1CCN(CC(=O)N(C)Cc2ccsc2)CC1. The first-order valence-corrected chi connectivity index (χ1v) is 7.57. The lowest BCUT2D eigenvalue weighted by Crippen LogP contribution is -2.41. The standard InChI is InChI=1S/C14H22N2OS/c1-12-3-6-16(7-4-12)10-14(17)15(2)9-13-5-8-18-11-13/h5,8,11-12H,3-4,6-7,9-10H2,1-2H3. The van der Waals surface area contributed by atoms with Gasteiger partial charge < -0.3 is 4.90 Å². The Morgan fingerprint density at radius 2 is 2.22 bits per heavy atom. The van der Waals surface area contributed by atoms with Gasteiger partial charge in [0, 0.05) is 13.6 Å². The van der Waals surface area contributed by atoms with Crippen LogP contribution in [-0.4, -0.2) is 42.4 Å². The molecule has 2 heterocycles. The second-order valence-corrected chi connectivity index (χ2v) is 6.12. The molecule has 1 amide bonds. The van der Waals surface area contributed by atoms with Gasteiger partial charge in [0.1, 0.15) is 0 Å². The molecule has 0 saturated carbocycles. The van der Waals surface area contributed by atoms with Crippen LogP contribution in [0.4, 0.5) is 0 Å². The molecule has 4 heteroatoms. The van der Waals surface area contributed by atoms with E-state index in [1.807, 2.05) is 11.9 Å². The van der Waals surface area contributed by atoms with Crippen LogP contribution in [0.3, 0.4) is 0 Å². The van der Waals surface area contributed by atoms with Crippen LogP contribution in [0.25, 0.3) is 0 Å². The molecule has 2 rings (SSSR count). The van der Waals surface area contributed by atoms with E-state index in [9.17, 15) is 4.79 Å². The zero-order valence-corrected chi connectivity index (χ0v) is 12.1. The number of hydrogen-bond donors (Lipinski definition) is 0. The van der Waals surface area contributed by atoms with Crippen LogP contribution in [0, 0.1) is 5.92 Å². The summed E-state index contributed by atoms with van der Waals surface area (Å²) in [6.07, 6.45) is 2.45. The number of likely N-dealkylation sites (N-methyl/N-ethyl adjacent to an activating group) is 1. The summed E-state index contributed by atoms with van der Waals surface area (Å²) in [5.41, 5.74) is 1.23. The van der Waals surface area contributed by atoms with Gasteiger partial charge in [-0.2, -0.15) is 11.3 Å². The summed E-state index contributed by atoms with van der Waals surface area (Å²) >= 11 is 1.68. The van der Waals surface area contributed by atoms with Gasteiger partial charge in [-0.25, -0.2) is 0 Å². The van der Waals surface area contributed by atoms with Crippen molar-refractivity contribution in [3.05, 3.63) is 22.4 Å². The predicted molar refractivity (Wildman–Crippen MR) is 75.6 cm³/mol. The minimum Gasteiger partial charge on any atom is -0.340 e. The van der Waals surface area contributed by atoms with E-state index < -0.39 is 0 Å². The zero-order chi connectivity index (χ0) is 13.0. The highest BCUT2D eigenvalue weighted by atomic mass is 32.1. The number of piperidine rings is 1. The molecule has 1 aliphatic heterocycles. The Kier molecular flexibility index (Phi) is 4.78. The highest BCUT2D eigenvalue weighted by molar-refractivity contribution is 7.07. The van der Waals surface area contributed by atoms with Gasteiger partial charge in [0.2, 0.25) is 5.91 Å². The summed E-state index contributed by atoms with van der Waals surface area (Å²) in [6, 6.07) is 2.08. The summed E-state index contributed by atoms with van der Waals surface area (Å²) < 4.78 is 0.